The number of benzene rings is 1. The van der Waals surface area contributed by atoms with Crippen molar-refractivity contribution in [1.82, 2.24) is 19.7 Å². The van der Waals surface area contributed by atoms with Crippen molar-refractivity contribution in [3.8, 4) is 34.3 Å². The van der Waals surface area contributed by atoms with Crippen LogP contribution in [-0.2, 0) is 7.05 Å². The molecule has 1 aromatic carbocycles. The highest BCUT2D eigenvalue weighted by Crippen LogP contribution is 2.32. The molecule has 118 valence electrons. The number of aromatic amines is 1. The number of imidazole rings is 1. The summed E-state index contributed by atoms with van der Waals surface area (Å²) in [5.41, 5.74) is 1.92. The number of methoxy groups -OCH3 is 2. The molecule has 3 aromatic rings. The lowest BCUT2D eigenvalue weighted by atomic mass is 10.2. The van der Waals surface area contributed by atoms with E-state index >= 15 is 0 Å². The third-order valence-corrected chi connectivity index (χ3v) is 3.46. The lowest BCUT2D eigenvalue weighted by molar-refractivity contribution is 0.355. The van der Waals surface area contributed by atoms with Crippen LogP contribution in [0.4, 0.5) is 0 Å². The number of hydrogen-bond donors (Lipinski definition) is 1. The van der Waals surface area contributed by atoms with Crippen LogP contribution in [0.2, 0.25) is 0 Å². The molecule has 0 fully saturated rings. The average molecular weight is 312 g/mol. The zero-order valence-corrected chi connectivity index (χ0v) is 13.0. The van der Waals surface area contributed by atoms with E-state index in [1.807, 2.05) is 36.0 Å². The summed E-state index contributed by atoms with van der Waals surface area (Å²) in [6.07, 6.45) is 1.85. The van der Waals surface area contributed by atoms with Gasteiger partial charge in [0.15, 0.2) is 11.5 Å². The van der Waals surface area contributed by atoms with Gasteiger partial charge in [0, 0.05) is 24.9 Å². The number of H-pyrrole nitrogens is 1. The molecule has 0 aliphatic heterocycles. The summed E-state index contributed by atoms with van der Waals surface area (Å²) < 4.78 is 12.5. The molecule has 0 saturated carbocycles. The second kappa shape index (κ2) is 5.96. The molecule has 2 heterocycles. The predicted octanol–water partition coefficient (Wildman–Crippen LogP) is 1.85. The molecule has 0 amide bonds. The maximum absolute atomic E-state index is 11.1. The SMILES string of the molecule is COc1ccc(-c2nc(-c3ccc(=O)[nH]n3)cn2C)cc1OC. The maximum atomic E-state index is 11.1. The zero-order valence-electron chi connectivity index (χ0n) is 13.0. The number of aryl methyl sites for hydroxylation is 1. The molecular weight excluding hydrogens is 296 g/mol. The summed E-state index contributed by atoms with van der Waals surface area (Å²) >= 11 is 0. The van der Waals surface area contributed by atoms with Crippen LogP contribution in [0.15, 0.2) is 41.3 Å². The third kappa shape index (κ3) is 2.80. The molecular formula is C16H16N4O3. The van der Waals surface area contributed by atoms with Crippen molar-refractivity contribution in [3.63, 3.8) is 0 Å². The Balaban J connectivity index is 2.04. The highest BCUT2D eigenvalue weighted by atomic mass is 16.5. The fourth-order valence-corrected chi connectivity index (χ4v) is 2.32. The van der Waals surface area contributed by atoms with Crippen LogP contribution in [0.3, 0.4) is 0 Å². The van der Waals surface area contributed by atoms with E-state index in [-0.39, 0.29) is 5.56 Å². The number of nitrogens with one attached hydrogen (secondary N) is 1. The lowest BCUT2D eigenvalue weighted by Gasteiger charge is -2.09. The highest BCUT2D eigenvalue weighted by molar-refractivity contribution is 5.65. The summed E-state index contributed by atoms with van der Waals surface area (Å²) in [5.74, 6) is 2.05. The summed E-state index contributed by atoms with van der Waals surface area (Å²) in [6, 6.07) is 8.67. The second-order valence-corrected chi connectivity index (χ2v) is 4.94. The first-order valence-electron chi connectivity index (χ1n) is 6.94. The van der Waals surface area contributed by atoms with Gasteiger partial charge < -0.3 is 14.0 Å². The molecule has 0 aliphatic rings. The van der Waals surface area contributed by atoms with Crippen LogP contribution in [0, 0.1) is 0 Å². The Hall–Kier alpha value is -3.09. The minimum atomic E-state index is -0.246. The number of aromatic nitrogens is 4. The molecule has 7 nitrogen and oxygen atoms in total. The fourth-order valence-electron chi connectivity index (χ4n) is 2.32. The standard InChI is InChI=1S/C16H16N4O3/c1-20-9-12(11-5-7-15(21)19-18-11)17-16(20)10-4-6-13(22-2)14(8-10)23-3/h4-9H,1-3H3,(H,19,21). The summed E-state index contributed by atoms with van der Waals surface area (Å²) in [6.45, 7) is 0. The van der Waals surface area contributed by atoms with E-state index in [0.717, 1.165) is 11.4 Å². The van der Waals surface area contributed by atoms with Crippen molar-refractivity contribution in [2.75, 3.05) is 14.2 Å². The van der Waals surface area contributed by atoms with Gasteiger partial charge >= 0.3 is 0 Å². The van der Waals surface area contributed by atoms with E-state index in [1.165, 1.54) is 6.07 Å². The molecule has 1 N–H and O–H groups in total. The van der Waals surface area contributed by atoms with E-state index in [2.05, 4.69) is 15.2 Å². The van der Waals surface area contributed by atoms with Crippen LogP contribution >= 0.6 is 0 Å². The van der Waals surface area contributed by atoms with E-state index in [4.69, 9.17) is 9.47 Å². The van der Waals surface area contributed by atoms with Gasteiger partial charge in [0.25, 0.3) is 5.56 Å². The molecule has 2 aromatic heterocycles. The molecule has 0 aliphatic carbocycles. The molecule has 0 spiro atoms. The van der Waals surface area contributed by atoms with Crippen LogP contribution in [-0.4, -0.2) is 34.0 Å². The predicted molar refractivity (Wildman–Crippen MR) is 85.6 cm³/mol. The lowest BCUT2D eigenvalue weighted by Crippen LogP contribution is -2.05. The van der Waals surface area contributed by atoms with E-state index in [0.29, 0.717) is 22.9 Å². The van der Waals surface area contributed by atoms with Crippen molar-refractivity contribution in [2.45, 2.75) is 0 Å². The van der Waals surface area contributed by atoms with Crippen molar-refractivity contribution >= 4 is 0 Å². The van der Waals surface area contributed by atoms with E-state index in [1.54, 1.807) is 20.3 Å². The summed E-state index contributed by atoms with van der Waals surface area (Å²) in [5, 5.41) is 6.41. The van der Waals surface area contributed by atoms with Gasteiger partial charge in [-0.25, -0.2) is 10.1 Å². The van der Waals surface area contributed by atoms with E-state index in [9.17, 15) is 4.79 Å². The Morgan fingerprint density at radius 1 is 1.04 bits per heavy atom. The molecule has 3 rings (SSSR count). The van der Waals surface area contributed by atoms with Gasteiger partial charge in [0.1, 0.15) is 17.2 Å². The molecule has 0 bridgehead atoms. The van der Waals surface area contributed by atoms with Gasteiger partial charge in [-0.2, -0.15) is 5.10 Å². The zero-order chi connectivity index (χ0) is 16.4. The second-order valence-electron chi connectivity index (χ2n) is 4.94. The van der Waals surface area contributed by atoms with Gasteiger partial charge in [-0.3, -0.25) is 4.79 Å². The Morgan fingerprint density at radius 3 is 2.48 bits per heavy atom. The number of nitrogens with zero attached hydrogens (tertiary/aromatic N) is 3. The van der Waals surface area contributed by atoms with Crippen LogP contribution in [0.1, 0.15) is 0 Å². The molecule has 0 unspecified atom stereocenters. The Bertz CT molecular complexity index is 878. The van der Waals surface area contributed by atoms with Crippen molar-refractivity contribution in [3.05, 3.63) is 46.9 Å². The van der Waals surface area contributed by atoms with Crippen molar-refractivity contribution < 1.29 is 9.47 Å². The van der Waals surface area contributed by atoms with Crippen LogP contribution in [0.5, 0.6) is 11.5 Å². The van der Waals surface area contributed by atoms with Gasteiger partial charge in [0.05, 0.1) is 14.2 Å². The monoisotopic (exact) mass is 312 g/mol. The Labute approximate surface area is 132 Å². The molecule has 23 heavy (non-hydrogen) atoms. The minimum absolute atomic E-state index is 0.246. The Morgan fingerprint density at radius 2 is 1.83 bits per heavy atom. The maximum Gasteiger partial charge on any atom is 0.264 e. The van der Waals surface area contributed by atoms with Gasteiger partial charge in [-0.15, -0.1) is 0 Å². The van der Waals surface area contributed by atoms with Gasteiger partial charge in [0.2, 0.25) is 0 Å². The summed E-state index contributed by atoms with van der Waals surface area (Å²) in [7, 11) is 5.09. The normalized spacial score (nSPS) is 10.6. The van der Waals surface area contributed by atoms with Crippen molar-refractivity contribution in [2.24, 2.45) is 7.05 Å². The summed E-state index contributed by atoms with van der Waals surface area (Å²) in [4.78, 5) is 15.7. The minimum Gasteiger partial charge on any atom is -0.493 e. The first-order valence-corrected chi connectivity index (χ1v) is 6.94. The largest absolute Gasteiger partial charge is 0.493 e. The molecule has 0 radical (unpaired) electrons. The average Bonchev–Trinajstić information content (AvgIpc) is 2.96. The number of rotatable bonds is 4. The van der Waals surface area contributed by atoms with Crippen LogP contribution in [0.25, 0.3) is 22.8 Å². The highest BCUT2D eigenvalue weighted by Gasteiger charge is 2.13. The smallest absolute Gasteiger partial charge is 0.264 e. The van der Waals surface area contributed by atoms with Gasteiger partial charge in [-0.05, 0) is 24.3 Å². The Kier molecular flexibility index (Phi) is 3.84. The third-order valence-electron chi connectivity index (χ3n) is 3.46. The molecule has 7 heteroatoms. The first kappa shape index (κ1) is 14.8. The number of hydrogen-bond acceptors (Lipinski definition) is 5. The van der Waals surface area contributed by atoms with Crippen molar-refractivity contribution in [1.29, 1.82) is 0 Å². The molecule has 0 saturated heterocycles. The fraction of sp³-hybridized carbons (Fsp3) is 0.188. The number of ether oxygens (including phenoxy) is 2. The molecule has 0 atom stereocenters. The van der Waals surface area contributed by atoms with E-state index < -0.39 is 0 Å². The topological polar surface area (TPSA) is 82.0 Å². The van der Waals surface area contributed by atoms with Crippen LogP contribution < -0.4 is 15.0 Å². The quantitative estimate of drug-likeness (QED) is 0.795. The first-order chi connectivity index (χ1) is 11.1. The van der Waals surface area contributed by atoms with Gasteiger partial charge in [-0.1, -0.05) is 0 Å².